The standard InChI is InChI=1S/C7H15Cl2N2O2P.C4H3FN2O2.C4H6O6/c8-2-5-11(6-3-9)14(12)10-4-1-7-13-14;5-2-1-6-4(9)7-3(2)8;5-1(3(7)8)2(6)4(9)10/h1-7H2,(H,10,12);1H,(H2,6,7,8,9);1-2,5-6H,(H,7,8)(H,9,10). The van der Waals surface area contributed by atoms with Gasteiger partial charge in [0, 0.05) is 37.6 Å². The van der Waals surface area contributed by atoms with Crippen molar-refractivity contribution in [2.45, 2.75) is 18.6 Å². The van der Waals surface area contributed by atoms with Gasteiger partial charge in [-0.25, -0.2) is 24.1 Å². The predicted octanol–water partition coefficient (Wildman–Crippen LogP) is -1.04. The highest BCUT2D eigenvalue weighted by Crippen LogP contribution is 2.48. The van der Waals surface area contributed by atoms with E-state index in [0.717, 1.165) is 13.0 Å². The first-order valence-corrected chi connectivity index (χ1v) is 11.7. The summed E-state index contributed by atoms with van der Waals surface area (Å²) in [7, 11) is -2.84. The van der Waals surface area contributed by atoms with Crippen molar-refractivity contribution >= 4 is 42.8 Å². The van der Waals surface area contributed by atoms with Gasteiger partial charge in [0.25, 0.3) is 5.56 Å². The molecule has 3 atom stereocenters. The van der Waals surface area contributed by atoms with Crippen LogP contribution in [0, 0.1) is 5.82 Å². The zero-order chi connectivity index (χ0) is 25.6. The van der Waals surface area contributed by atoms with Crippen LogP contribution in [0.3, 0.4) is 0 Å². The summed E-state index contributed by atoms with van der Waals surface area (Å²) in [6.45, 7) is 2.31. The fourth-order valence-electron chi connectivity index (χ4n) is 1.94. The molecule has 0 radical (unpaired) electrons. The summed E-state index contributed by atoms with van der Waals surface area (Å²) in [6.07, 6.45) is -2.93. The van der Waals surface area contributed by atoms with Gasteiger partial charge in [-0.15, -0.1) is 23.2 Å². The zero-order valence-electron chi connectivity index (χ0n) is 16.9. The first kappa shape index (κ1) is 31.2. The number of aliphatic hydroxyl groups is 2. The first-order valence-electron chi connectivity index (χ1n) is 9.06. The van der Waals surface area contributed by atoms with Crippen molar-refractivity contribution in [3.63, 3.8) is 0 Å². The van der Waals surface area contributed by atoms with E-state index in [4.69, 9.17) is 48.2 Å². The number of H-pyrrole nitrogens is 2. The fourth-order valence-corrected chi connectivity index (χ4v) is 4.58. The molecular formula is C15H24Cl2FN4O10P. The highest BCUT2D eigenvalue weighted by Gasteiger charge is 2.33. The lowest BCUT2D eigenvalue weighted by Gasteiger charge is -2.33. The number of carbonyl (C=O) groups is 2. The van der Waals surface area contributed by atoms with E-state index in [1.54, 1.807) is 9.65 Å². The molecule has 18 heteroatoms. The van der Waals surface area contributed by atoms with Crippen molar-refractivity contribution in [3.8, 4) is 0 Å². The summed E-state index contributed by atoms with van der Waals surface area (Å²) in [6, 6.07) is 0. The minimum atomic E-state index is -2.84. The Hall–Kier alpha value is -1.84. The molecule has 190 valence electrons. The van der Waals surface area contributed by atoms with Gasteiger partial charge in [0.05, 0.1) is 6.61 Å². The summed E-state index contributed by atoms with van der Waals surface area (Å²) < 4.78 is 31.2. The van der Waals surface area contributed by atoms with Gasteiger partial charge in [-0.3, -0.25) is 14.3 Å². The average molecular weight is 541 g/mol. The number of halogens is 3. The van der Waals surface area contributed by atoms with Gasteiger partial charge in [-0.2, -0.15) is 4.39 Å². The van der Waals surface area contributed by atoms with Gasteiger partial charge in [-0.05, 0) is 6.42 Å². The van der Waals surface area contributed by atoms with Crippen LogP contribution in [-0.4, -0.2) is 97.2 Å². The summed E-state index contributed by atoms with van der Waals surface area (Å²) in [4.78, 5) is 43.5. The van der Waals surface area contributed by atoms with Gasteiger partial charge in [0.1, 0.15) is 0 Å². The molecule has 1 fully saturated rings. The van der Waals surface area contributed by atoms with E-state index in [-0.39, 0.29) is 0 Å². The van der Waals surface area contributed by atoms with Crippen LogP contribution in [0.25, 0.3) is 0 Å². The second kappa shape index (κ2) is 15.9. The SMILES string of the molecule is O=C(O)C(O)C(O)C(=O)O.O=P1(N(CCCl)CCCl)NCCCO1.O=c1[nH]cc(F)c(=O)[nH]1. The lowest BCUT2D eigenvalue weighted by Crippen LogP contribution is -2.39. The summed E-state index contributed by atoms with van der Waals surface area (Å²) in [5, 5.41) is 35.4. The third kappa shape index (κ3) is 11.7. The Kier molecular flexibility index (Phi) is 15.0. The quantitative estimate of drug-likeness (QED) is 0.155. The van der Waals surface area contributed by atoms with E-state index in [0.29, 0.717) is 37.7 Å². The number of nitrogens with zero attached hydrogens (tertiary/aromatic N) is 1. The number of alkyl halides is 2. The molecule has 1 saturated heterocycles. The Morgan fingerprint density at radius 3 is 2.00 bits per heavy atom. The number of aliphatic carboxylic acids is 2. The number of aromatic amines is 2. The Balaban J connectivity index is 0.000000481. The number of aromatic nitrogens is 2. The number of aliphatic hydroxyl groups excluding tert-OH is 2. The van der Waals surface area contributed by atoms with Gasteiger partial charge in [0.15, 0.2) is 12.2 Å². The molecule has 1 aromatic rings. The molecule has 33 heavy (non-hydrogen) atoms. The molecule has 0 aromatic carbocycles. The maximum Gasteiger partial charge on any atom is 0.343 e. The third-order valence-corrected chi connectivity index (χ3v) is 6.17. The van der Waals surface area contributed by atoms with Crippen molar-refractivity contribution < 1.29 is 43.5 Å². The van der Waals surface area contributed by atoms with Crippen LogP contribution in [0.5, 0.6) is 0 Å². The maximum atomic E-state index is 12.2. The molecule has 2 rings (SSSR count). The number of carboxylic acids is 2. The summed E-state index contributed by atoms with van der Waals surface area (Å²) in [5.41, 5.74) is -1.71. The molecule has 3 unspecified atom stereocenters. The van der Waals surface area contributed by atoms with E-state index in [2.05, 4.69) is 5.09 Å². The lowest BCUT2D eigenvalue weighted by atomic mass is 10.2. The Bertz CT molecular complexity index is 883. The van der Waals surface area contributed by atoms with E-state index < -0.39 is 48.9 Å². The van der Waals surface area contributed by atoms with E-state index in [1.807, 2.05) is 4.98 Å². The first-order chi connectivity index (χ1) is 15.4. The second-order valence-corrected chi connectivity index (χ2v) is 8.87. The van der Waals surface area contributed by atoms with Crippen molar-refractivity contribution in [1.29, 1.82) is 0 Å². The van der Waals surface area contributed by atoms with Crippen LogP contribution >= 0.6 is 30.9 Å². The van der Waals surface area contributed by atoms with Crippen molar-refractivity contribution in [3.05, 3.63) is 32.9 Å². The average Bonchev–Trinajstić information content (AvgIpc) is 2.76. The largest absolute Gasteiger partial charge is 0.479 e. The monoisotopic (exact) mass is 540 g/mol. The zero-order valence-corrected chi connectivity index (χ0v) is 19.4. The molecule has 14 nitrogen and oxygen atoms in total. The smallest absolute Gasteiger partial charge is 0.343 e. The topological polar surface area (TPSA) is 222 Å². The van der Waals surface area contributed by atoms with E-state index in [9.17, 15) is 28.1 Å². The molecule has 0 spiro atoms. The lowest BCUT2D eigenvalue weighted by molar-refractivity contribution is -0.165. The highest BCUT2D eigenvalue weighted by molar-refractivity contribution is 7.54. The predicted molar refractivity (Wildman–Crippen MR) is 114 cm³/mol. The van der Waals surface area contributed by atoms with Crippen LogP contribution in [0.1, 0.15) is 6.42 Å². The van der Waals surface area contributed by atoms with Crippen molar-refractivity contribution in [2.75, 3.05) is 38.0 Å². The number of nitrogens with one attached hydrogen (secondary N) is 3. The Labute approximate surface area is 195 Å². The second-order valence-electron chi connectivity index (χ2n) is 5.93. The van der Waals surface area contributed by atoms with Gasteiger partial charge in [-0.1, -0.05) is 0 Å². The molecule has 0 saturated carbocycles. The molecular weight excluding hydrogens is 517 g/mol. The molecule has 0 amide bonds. The highest BCUT2D eigenvalue weighted by atomic mass is 35.5. The fraction of sp³-hybridized carbons (Fsp3) is 0.600. The summed E-state index contributed by atoms with van der Waals surface area (Å²) in [5.74, 6) is -3.68. The van der Waals surface area contributed by atoms with Crippen LogP contribution in [0.2, 0.25) is 0 Å². The van der Waals surface area contributed by atoms with Crippen molar-refractivity contribution in [2.24, 2.45) is 0 Å². The number of carboxylic acid groups (broad SMARTS) is 2. The molecule has 2 heterocycles. The number of hydrogen-bond donors (Lipinski definition) is 7. The van der Waals surface area contributed by atoms with Crippen LogP contribution in [-0.2, 0) is 18.7 Å². The van der Waals surface area contributed by atoms with Crippen LogP contribution < -0.4 is 16.3 Å². The number of hydrogen-bond acceptors (Lipinski definition) is 8. The van der Waals surface area contributed by atoms with Crippen LogP contribution in [0.4, 0.5) is 4.39 Å². The maximum absolute atomic E-state index is 12.2. The minimum Gasteiger partial charge on any atom is -0.479 e. The minimum absolute atomic E-state index is 0.423. The molecule has 1 aliphatic rings. The summed E-state index contributed by atoms with van der Waals surface area (Å²) >= 11 is 11.2. The van der Waals surface area contributed by atoms with Gasteiger partial charge >= 0.3 is 25.3 Å². The Morgan fingerprint density at radius 1 is 1.15 bits per heavy atom. The molecule has 0 aliphatic carbocycles. The molecule has 1 aromatic heterocycles. The number of rotatable bonds is 8. The molecule has 0 bridgehead atoms. The molecule has 1 aliphatic heterocycles. The van der Waals surface area contributed by atoms with Gasteiger partial charge in [0.2, 0.25) is 5.82 Å². The third-order valence-electron chi connectivity index (χ3n) is 3.54. The van der Waals surface area contributed by atoms with Crippen LogP contribution in [0.15, 0.2) is 15.8 Å². The molecule has 7 N–H and O–H groups in total. The normalized spacial score (nSPS) is 19.3. The van der Waals surface area contributed by atoms with E-state index >= 15 is 0 Å². The van der Waals surface area contributed by atoms with Gasteiger partial charge < -0.3 is 29.9 Å². The van der Waals surface area contributed by atoms with E-state index in [1.165, 1.54) is 0 Å². The Morgan fingerprint density at radius 2 is 1.67 bits per heavy atom. The van der Waals surface area contributed by atoms with Crippen molar-refractivity contribution in [1.82, 2.24) is 19.7 Å².